The predicted molar refractivity (Wildman–Crippen MR) is 87.8 cm³/mol. The van der Waals surface area contributed by atoms with Gasteiger partial charge in [0.1, 0.15) is 6.26 Å². The Labute approximate surface area is 145 Å². The summed E-state index contributed by atoms with van der Waals surface area (Å²) in [5.74, 6) is -0.333. The number of ether oxygens (including phenoxy) is 2. The van der Waals surface area contributed by atoms with Crippen molar-refractivity contribution in [3.05, 3.63) is 47.9 Å². The predicted octanol–water partition coefficient (Wildman–Crippen LogP) is 3.03. The van der Waals surface area contributed by atoms with Crippen molar-refractivity contribution in [3.63, 3.8) is 0 Å². The topological polar surface area (TPSA) is 64.8 Å². The van der Waals surface area contributed by atoms with E-state index in [1.165, 1.54) is 18.4 Å². The average molecular weight is 348 g/mol. The molecule has 0 spiro atoms. The van der Waals surface area contributed by atoms with Gasteiger partial charge in [0.15, 0.2) is 23.9 Å². The van der Waals surface area contributed by atoms with Crippen LogP contribution in [0.3, 0.4) is 0 Å². The minimum absolute atomic E-state index is 0.0495. The number of amides is 1. The van der Waals surface area contributed by atoms with Crippen LogP contribution in [0.2, 0.25) is 0 Å². The molecular formula is C18H21FN2O4. The number of benzene rings is 1. The Bertz CT molecular complexity index is 713. The zero-order valence-electron chi connectivity index (χ0n) is 14.1. The van der Waals surface area contributed by atoms with Crippen LogP contribution in [0.25, 0.3) is 0 Å². The molecule has 0 N–H and O–H groups in total. The molecule has 1 aliphatic rings. The van der Waals surface area contributed by atoms with Gasteiger partial charge in [-0.05, 0) is 31.9 Å². The maximum Gasteiger partial charge on any atom is 0.275 e. The summed E-state index contributed by atoms with van der Waals surface area (Å²) < 4.78 is 29.7. The first-order chi connectivity index (χ1) is 12.2. The van der Waals surface area contributed by atoms with Crippen LogP contribution in [-0.2, 0) is 11.3 Å². The van der Waals surface area contributed by atoms with Gasteiger partial charge < -0.3 is 18.8 Å². The summed E-state index contributed by atoms with van der Waals surface area (Å²) in [4.78, 5) is 18.4. The molecule has 0 saturated carbocycles. The van der Waals surface area contributed by atoms with Gasteiger partial charge in [-0.25, -0.2) is 9.37 Å². The molecule has 0 unspecified atom stereocenters. The number of nitrogens with zero attached hydrogens (tertiary/aromatic N) is 2. The molecule has 1 fully saturated rings. The molecule has 2 heterocycles. The fourth-order valence-electron chi connectivity index (χ4n) is 2.73. The van der Waals surface area contributed by atoms with Crippen LogP contribution in [0.4, 0.5) is 4.39 Å². The fourth-order valence-corrected chi connectivity index (χ4v) is 2.73. The van der Waals surface area contributed by atoms with Crippen LogP contribution >= 0.6 is 0 Å². The van der Waals surface area contributed by atoms with Crippen LogP contribution in [0.15, 0.2) is 34.9 Å². The molecule has 0 aliphatic carbocycles. The number of aromatic nitrogens is 1. The number of halogens is 1. The van der Waals surface area contributed by atoms with E-state index in [0.717, 1.165) is 19.4 Å². The summed E-state index contributed by atoms with van der Waals surface area (Å²) in [6, 6.07) is 6.08. The van der Waals surface area contributed by atoms with E-state index in [9.17, 15) is 9.18 Å². The molecule has 1 aromatic heterocycles. The second-order valence-electron chi connectivity index (χ2n) is 5.82. The molecule has 1 aliphatic heterocycles. The summed E-state index contributed by atoms with van der Waals surface area (Å²) in [5, 5.41) is 0. The third kappa shape index (κ3) is 4.36. The van der Waals surface area contributed by atoms with Crippen molar-refractivity contribution in [2.45, 2.75) is 32.5 Å². The zero-order chi connectivity index (χ0) is 17.6. The molecule has 7 heteroatoms. The summed E-state index contributed by atoms with van der Waals surface area (Å²) in [5.41, 5.74) is 0.215. The van der Waals surface area contributed by atoms with E-state index >= 15 is 0 Å². The highest BCUT2D eigenvalue weighted by molar-refractivity contribution is 5.92. The van der Waals surface area contributed by atoms with Gasteiger partial charge in [0, 0.05) is 19.7 Å². The van der Waals surface area contributed by atoms with Crippen molar-refractivity contribution < 1.29 is 23.1 Å². The highest BCUT2D eigenvalue weighted by Gasteiger charge is 2.24. The van der Waals surface area contributed by atoms with Gasteiger partial charge in [0.25, 0.3) is 5.91 Å². The monoisotopic (exact) mass is 348 g/mol. The maximum absolute atomic E-state index is 13.5. The molecule has 25 heavy (non-hydrogen) atoms. The van der Waals surface area contributed by atoms with Crippen LogP contribution < -0.4 is 4.74 Å². The summed E-state index contributed by atoms with van der Waals surface area (Å²) in [6.45, 7) is 3.72. The first-order valence-electron chi connectivity index (χ1n) is 8.40. The molecule has 2 aromatic rings. The minimum Gasteiger partial charge on any atom is -0.481 e. The lowest BCUT2D eigenvalue weighted by molar-refractivity contribution is 0.0534. The molecule has 0 bridgehead atoms. The number of hydrogen-bond acceptors (Lipinski definition) is 5. The number of carbonyl (C=O) groups is 1. The van der Waals surface area contributed by atoms with Gasteiger partial charge in [-0.2, -0.15) is 0 Å². The SMILES string of the molecule is CCN(C[C@H]1CCCO1)C(=O)c1coc(COc2ccccc2F)n1. The highest BCUT2D eigenvalue weighted by atomic mass is 19.1. The van der Waals surface area contributed by atoms with Gasteiger partial charge in [-0.15, -0.1) is 0 Å². The number of likely N-dealkylation sites (N-methyl/N-ethyl adjacent to an activating group) is 1. The van der Waals surface area contributed by atoms with Crippen molar-refractivity contribution in [3.8, 4) is 5.75 Å². The van der Waals surface area contributed by atoms with Gasteiger partial charge in [-0.3, -0.25) is 4.79 Å². The molecule has 6 nitrogen and oxygen atoms in total. The second kappa shape index (κ2) is 8.11. The van der Waals surface area contributed by atoms with E-state index in [1.807, 2.05) is 6.92 Å². The Morgan fingerprint density at radius 3 is 3.00 bits per heavy atom. The number of carbonyl (C=O) groups excluding carboxylic acids is 1. The molecule has 3 rings (SSSR count). The van der Waals surface area contributed by atoms with Crippen LogP contribution in [0.1, 0.15) is 36.1 Å². The molecule has 134 valence electrons. The summed E-state index contributed by atoms with van der Waals surface area (Å²) in [7, 11) is 0. The second-order valence-corrected chi connectivity index (χ2v) is 5.82. The van der Waals surface area contributed by atoms with Crippen molar-refractivity contribution in [1.29, 1.82) is 0 Å². The first-order valence-corrected chi connectivity index (χ1v) is 8.40. The normalized spacial score (nSPS) is 16.8. The van der Waals surface area contributed by atoms with Crippen molar-refractivity contribution in [1.82, 2.24) is 9.88 Å². The third-order valence-electron chi connectivity index (χ3n) is 4.08. The molecular weight excluding hydrogens is 327 g/mol. The van der Waals surface area contributed by atoms with E-state index in [1.54, 1.807) is 17.0 Å². The highest BCUT2D eigenvalue weighted by Crippen LogP contribution is 2.18. The minimum atomic E-state index is -0.459. The Kier molecular flexibility index (Phi) is 5.65. The molecule has 0 radical (unpaired) electrons. The molecule has 1 amide bonds. The van der Waals surface area contributed by atoms with Crippen LogP contribution in [0, 0.1) is 5.82 Å². The number of oxazole rings is 1. The quantitative estimate of drug-likeness (QED) is 0.769. The van der Waals surface area contributed by atoms with Gasteiger partial charge in [-0.1, -0.05) is 12.1 Å². The van der Waals surface area contributed by atoms with E-state index in [0.29, 0.717) is 13.1 Å². The molecule has 1 saturated heterocycles. The molecule has 1 atom stereocenters. The van der Waals surface area contributed by atoms with Crippen molar-refractivity contribution >= 4 is 5.91 Å². The van der Waals surface area contributed by atoms with Crippen molar-refractivity contribution in [2.24, 2.45) is 0 Å². The Hall–Kier alpha value is -2.41. The zero-order valence-corrected chi connectivity index (χ0v) is 14.1. The Morgan fingerprint density at radius 1 is 1.44 bits per heavy atom. The largest absolute Gasteiger partial charge is 0.481 e. The van der Waals surface area contributed by atoms with Crippen LogP contribution in [0.5, 0.6) is 5.75 Å². The van der Waals surface area contributed by atoms with Crippen molar-refractivity contribution in [2.75, 3.05) is 19.7 Å². The lowest BCUT2D eigenvalue weighted by Crippen LogP contribution is -2.37. The Morgan fingerprint density at radius 2 is 2.28 bits per heavy atom. The average Bonchev–Trinajstić information content (AvgIpc) is 3.30. The standard InChI is InChI=1S/C18H21FN2O4/c1-2-21(10-13-6-5-9-23-13)18(22)15-11-25-17(20-15)12-24-16-8-4-3-7-14(16)19/h3-4,7-8,11,13H,2,5-6,9-10,12H2,1H3/t13-/m1/s1. The van der Waals surface area contributed by atoms with Gasteiger partial charge >= 0.3 is 0 Å². The fraction of sp³-hybridized carbons (Fsp3) is 0.444. The lowest BCUT2D eigenvalue weighted by Gasteiger charge is -2.22. The first kappa shape index (κ1) is 17.4. The van der Waals surface area contributed by atoms with E-state index < -0.39 is 5.82 Å². The molecule has 1 aromatic carbocycles. The number of rotatable bonds is 7. The number of para-hydroxylation sites is 1. The smallest absolute Gasteiger partial charge is 0.275 e. The third-order valence-corrected chi connectivity index (χ3v) is 4.08. The Balaban J connectivity index is 1.59. The lowest BCUT2D eigenvalue weighted by atomic mass is 10.2. The van der Waals surface area contributed by atoms with E-state index in [2.05, 4.69) is 4.98 Å². The summed E-state index contributed by atoms with van der Waals surface area (Å²) >= 11 is 0. The van der Waals surface area contributed by atoms with Gasteiger partial charge in [0.05, 0.1) is 6.10 Å². The van der Waals surface area contributed by atoms with Crippen LogP contribution in [-0.4, -0.2) is 41.6 Å². The van der Waals surface area contributed by atoms with E-state index in [-0.39, 0.29) is 36.0 Å². The van der Waals surface area contributed by atoms with Gasteiger partial charge in [0.2, 0.25) is 5.89 Å². The number of hydrogen-bond donors (Lipinski definition) is 0. The summed E-state index contributed by atoms with van der Waals surface area (Å²) in [6.07, 6.45) is 3.38. The maximum atomic E-state index is 13.5. The van der Waals surface area contributed by atoms with E-state index in [4.69, 9.17) is 13.9 Å².